The molecule has 1 aromatic heterocycles. The monoisotopic (exact) mass is 727 g/mol. The van der Waals surface area contributed by atoms with Crippen LogP contribution in [0.25, 0.3) is 11.6 Å². The van der Waals surface area contributed by atoms with Crippen molar-refractivity contribution in [1.82, 2.24) is 4.57 Å². The topological polar surface area (TPSA) is 164 Å². The Labute approximate surface area is 293 Å². The number of benzene rings is 2. The zero-order valence-electron chi connectivity index (χ0n) is 29.7. The molecule has 0 radical (unpaired) electrons. The molecule has 2 aliphatic carbocycles. The van der Waals surface area contributed by atoms with E-state index in [4.69, 9.17) is 9.84 Å². The van der Waals surface area contributed by atoms with Gasteiger partial charge in [-0.05, 0) is 95.2 Å². The summed E-state index contributed by atoms with van der Waals surface area (Å²) in [7, 11) is -8.01. The van der Waals surface area contributed by atoms with Crippen LogP contribution >= 0.6 is 0 Å². The van der Waals surface area contributed by atoms with Crippen LogP contribution in [-0.2, 0) is 45.0 Å². The lowest BCUT2D eigenvalue weighted by Gasteiger charge is -2.38. The molecule has 1 aliphatic heterocycles. The van der Waals surface area contributed by atoms with Gasteiger partial charge >= 0.3 is 5.97 Å². The molecule has 2 heterocycles. The molecule has 270 valence electrons. The molecule has 11 nitrogen and oxygen atoms in total. The molecule has 13 heteroatoms. The van der Waals surface area contributed by atoms with Crippen LogP contribution in [0.3, 0.4) is 0 Å². The van der Waals surface area contributed by atoms with Gasteiger partial charge in [0, 0.05) is 17.2 Å². The van der Waals surface area contributed by atoms with Crippen LogP contribution < -0.4 is 19.7 Å². The summed E-state index contributed by atoms with van der Waals surface area (Å²) in [5.41, 5.74) is 2.12. The first-order valence-electron chi connectivity index (χ1n) is 17.1. The Morgan fingerprint density at radius 3 is 2.24 bits per heavy atom. The summed E-state index contributed by atoms with van der Waals surface area (Å²) < 4.78 is 86.0. The van der Waals surface area contributed by atoms with Gasteiger partial charge in [-0.2, -0.15) is 16.8 Å². The number of aromatic nitrogens is 2. The van der Waals surface area contributed by atoms with E-state index in [1.54, 1.807) is 0 Å². The Hall–Kier alpha value is -3.52. The van der Waals surface area contributed by atoms with Crippen molar-refractivity contribution in [3.8, 4) is 11.5 Å². The van der Waals surface area contributed by atoms with E-state index in [2.05, 4.69) is 0 Å². The third-order valence-electron chi connectivity index (χ3n) is 10.5. The van der Waals surface area contributed by atoms with Gasteiger partial charge < -0.3 is 9.84 Å². The Kier molecular flexibility index (Phi) is 8.93. The summed E-state index contributed by atoms with van der Waals surface area (Å²) >= 11 is 0. The number of hydrogen-bond donors (Lipinski definition) is 3. The summed E-state index contributed by atoms with van der Waals surface area (Å²) in [6.45, 7) is 12.6. The van der Waals surface area contributed by atoms with Gasteiger partial charge in [-0.15, -0.1) is 0 Å². The van der Waals surface area contributed by atoms with E-state index in [1.807, 2.05) is 88.3 Å². The van der Waals surface area contributed by atoms with Crippen LogP contribution in [0.2, 0.25) is 0 Å². The van der Waals surface area contributed by atoms with Gasteiger partial charge in [-0.25, -0.2) is 9.13 Å². The molecular formula is C37H47N2O9S2+. The molecule has 2 unspecified atom stereocenters. The van der Waals surface area contributed by atoms with Crippen molar-refractivity contribution < 1.29 is 45.1 Å². The van der Waals surface area contributed by atoms with Crippen molar-refractivity contribution >= 4 is 37.9 Å². The van der Waals surface area contributed by atoms with Gasteiger partial charge in [-0.3, -0.25) is 13.9 Å². The molecule has 3 aliphatic rings. The maximum atomic E-state index is 13.5. The maximum Gasteiger partial charge on any atom is 0.303 e. The molecular weight excluding hydrogens is 681 g/mol. The summed E-state index contributed by atoms with van der Waals surface area (Å²) in [6.07, 6.45) is 9.30. The van der Waals surface area contributed by atoms with Crippen LogP contribution in [0, 0.1) is 10.8 Å². The van der Waals surface area contributed by atoms with Gasteiger partial charge in [0.1, 0.15) is 22.2 Å². The van der Waals surface area contributed by atoms with Crippen LogP contribution in [0.1, 0.15) is 120 Å². The fourth-order valence-corrected chi connectivity index (χ4v) is 10.5. The smallest absolute Gasteiger partial charge is 0.303 e. The molecule has 50 heavy (non-hydrogen) atoms. The van der Waals surface area contributed by atoms with Gasteiger partial charge in [0.2, 0.25) is 0 Å². The molecule has 0 amide bonds. The zero-order valence-corrected chi connectivity index (χ0v) is 31.3. The Bertz CT molecular complexity index is 2280. The Morgan fingerprint density at radius 1 is 0.940 bits per heavy atom. The van der Waals surface area contributed by atoms with Crippen LogP contribution in [0.4, 0.5) is 0 Å². The Balaban J connectivity index is 1.77. The molecule has 0 spiro atoms. The van der Waals surface area contributed by atoms with E-state index < -0.39 is 36.5 Å². The van der Waals surface area contributed by atoms with E-state index in [1.165, 1.54) is 0 Å². The number of unbranched alkanes of at least 4 members (excludes halogenated alkanes) is 2. The fraction of sp³-hybridized carbons (Fsp3) is 0.514. The largest absolute Gasteiger partial charge is 0.481 e. The molecule has 3 N–H and O–H groups in total. The third kappa shape index (κ3) is 6.53. The number of carboxylic acid groups (broad SMARTS) is 1. The molecule has 0 saturated heterocycles. The van der Waals surface area contributed by atoms with Crippen LogP contribution in [0.5, 0.6) is 11.5 Å². The third-order valence-corrected chi connectivity index (χ3v) is 12.3. The van der Waals surface area contributed by atoms with Gasteiger partial charge in [0.25, 0.3) is 26.1 Å². The number of carbonyl (C=O) groups is 1. The first-order valence-corrected chi connectivity index (χ1v) is 20.0. The van der Waals surface area contributed by atoms with E-state index in [0.717, 1.165) is 24.0 Å². The lowest BCUT2D eigenvalue weighted by atomic mass is 9.69. The molecule has 2 atom stereocenters. The molecule has 2 aromatic carbocycles. The summed E-state index contributed by atoms with van der Waals surface area (Å²) in [4.78, 5) is 10.3. The highest BCUT2D eigenvalue weighted by Gasteiger charge is 2.42. The lowest BCUT2D eigenvalue weighted by Crippen LogP contribution is -2.38. The molecule has 0 bridgehead atoms. The number of aryl methyl sites for hydroxylation is 2. The molecule has 0 fully saturated rings. The summed E-state index contributed by atoms with van der Waals surface area (Å²) in [5.74, 6) is -0.753. The second-order valence-corrected chi connectivity index (χ2v) is 18.7. The number of imidazole rings is 1. The quantitative estimate of drug-likeness (QED) is 0.120. The number of nitrogens with zero attached hydrogens (tertiary/aromatic N) is 2. The standard InChI is InChI=1S/C37H46N2O9S2/c1-21-17-36(3,4)19-27-23(21)15-25-30(35-38(7)13-14-39(35)12-10-8-9-11-29(40)41)26-16-24-22(2)18-37(5,6)20-28(24)34(50(45,46)47)32(26)48-31(25)33(27)49(42,43)44/h13-16,19,21-22H,8-12,17-18,20H2,1-7H3,(H2-,40,41,42,43,44,45,46,47)/p+1. The predicted molar refractivity (Wildman–Crippen MR) is 187 cm³/mol. The molecule has 0 saturated carbocycles. The van der Waals surface area contributed by atoms with E-state index in [0.29, 0.717) is 65.2 Å². The number of aliphatic carboxylic acids is 1. The minimum Gasteiger partial charge on any atom is -0.481 e. The number of fused-ring (bicyclic) bond motifs is 4. The molecule has 6 rings (SSSR count). The van der Waals surface area contributed by atoms with Crippen molar-refractivity contribution in [1.29, 1.82) is 0 Å². The lowest BCUT2D eigenvalue weighted by molar-refractivity contribution is -0.673. The average Bonchev–Trinajstić information content (AvgIpc) is 3.30. The normalized spacial score (nSPS) is 20.5. The van der Waals surface area contributed by atoms with Gasteiger partial charge in [-0.1, -0.05) is 47.6 Å². The number of ether oxygens (including phenoxy) is 1. The second kappa shape index (κ2) is 12.3. The van der Waals surface area contributed by atoms with Crippen molar-refractivity contribution in [3.05, 3.63) is 63.0 Å². The van der Waals surface area contributed by atoms with Crippen molar-refractivity contribution in [2.45, 2.75) is 115 Å². The highest BCUT2D eigenvalue weighted by molar-refractivity contribution is 7.86. The van der Waals surface area contributed by atoms with E-state index in [9.17, 15) is 30.7 Å². The fourth-order valence-electron chi connectivity index (χ4n) is 8.74. The van der Waals surface area contributed by atoms with E-state index in [-0.39, 0.29) is 40.1 Å². The minimum absolute atomic E-state index is 0.0641. The maximum absolute atomic E-state index is 13.5. The first kappa shape index (κ1) is 36.3. The number of rotatable bonds is 9. The summed E-state index contributed by atoms with van der Waals surface area (Å²) in [5, 5.41) is 9.81. The van der Waals surface area contributed by atoms with Gasteiger partial charge in [0.15, 0.2) is 11.5 Å². The first-order chi connectivity index (χ1) is 23.1. The average molecular weight is 728 g/mol. The van der Waals surface area contributed by atoms with E-state index >= 15 is 0 Å². The number of carboxylic acids is 1. The highest BCUT2D eigenvalue weighted by atomic mass is 32.2. The Morgan fingerprint density at radius 2 is 1.60 bits per heavy atom. The van der Waals surface area contributed by atoms with Crippen molar-refractivity contribution in [2.24, 2.45) is 17.9 Å². The number of hydrogen-bond acceptors (Lipinski definition) is 6. The predicted octanol–water partition coefficient (Wildman–Crippen LogP) is 5.19. The SMILES string of the molecule is CC1CC(C)(C)Cc2c1cc1c(c2S(=O)(=O)O)Oc2c(S(=O)(=O)O)c3c(cc2=C1c1n(CCCCCC(=O)O)cc[n+]1C)C(C)CC(C)(C)C=3. The summed E-state index contributed by atoms with van der Waals surface area (Å²) in [6, 6.07) is 3.82. The highest BCUT2D eigenvalue weighted by Crippen LogP contribution is 2.51. The minimum atomic E-state index is -4.94. The van der Waals surface area contributed by atoms with Crippen LogP contribution in [-0.4, -0.2) is 41.6 Å². The van der Waals surface area contributed by atoms with Crippen molar-refractivity contribution in [3.63, 3.8) is 0 Å². The zero-order chi connectivity index (χ0) is 36.7. The van der Waals surface area contributed by atoms with Gasteiger partial charge in [0.05, 0.1) is 19.2 Å². The molecule has 3 aromatic rings. The second-order valence-electron chi connectivity index (χ2n) is 16.0. The van der Waals surface area contributed by atoms with Crippen molar-refractivity contribution in [2.75, 3.05) is 0 Å². The van der Waals surface area contributed by atoms with Crippen LogP contribution in [0.15, 0.2) is 34.3 Å².